The second-order valence-electron chi connectivity index (χ2n) is 5.56. The molecule has 1 atom stereocenters. The molecule has 0 bridgehead atoms. The van der Waals surface area contributed by atoms with E-state index in [0.29, 0.717) is 13.0 Å². The van der Waals surface area contributed by atoms with Crippen LogP contribution in [0.5, 0.6) is 0 Å². The van der Waals surface area contributed by atoms with Crippen LogP contribution in [-0.4, -0.2) is 44.0 Å². The number of hydrogen-bond acceptors (Lipinski definition) is 4. The van der Waals surface area contributed by atoms with Gasteiger partial charge in [0.15, 0.2) is 9.84 Å². The molecule has 1 fully saturated rings. The number of nitrogens with one attached hydrogen (secondary N) is 2. The Kier molecular flexibility index (Phi) is 4.55. The van der Waals surface area contributed by atoms with Crippen LogP contribution in [0.4, 0.5) is 0 Å². The molecule has 1 amide bonds. The number of rotatable bonds is 4. The van der Waals surface area contributed by atoms with Crippen LogP contribution in [0, 0.1) is 0 Å². The molecule has 100 valence electrons. The molecule has 0 spiro atoms. The second kappa shape index (κ2) is 5.35. The fraction of sp³-hybridized carbons (Fsp3) is 0.909. The first-order chi connectivity index (χ1) is 7.71. The van der Waals surface area contributed by atoms with Crippen LogP contribution in [0.15, 0.2) is 0 Å². The summed E-state index contributed by atoms with van der Waals surface area (Å²) < 4.78 is 23.1. The number of sulfone groups is 1. The maximum Gasteiger partial charge on any atom is 0.234 e. The summed E-state index contributed by atoms with van der Waals surface area (Å²) in [6.45, 7) is 6.27. The average Bonchev–Trinajstić information content (AvgIpc) is 2.42. The molecule has 0 aromatic heterocycles. The number of amides is 1. The Bertz CT molecular complexity index is 371. The van der Waals surface area contributed by atoms with Crippen LogP contribution in [0.3, 0.4) is 0 Å². The quantitative estimate of drug-likeness (QED) is 0.752. The average molecular weight is 262 g/mol. The Balaban J connectivity index is 2.27. The highest BCUT2D eigenvalue weighted by Crippen LogP contribution is 2.18. The van der Waals surface area contributed by atoms with E-state index in [1.165, 1.54) is 0 Å². The summed E-state index contributed by atoms with van der Waals surface area (Å²) >= 11 is 0. The lowest BCUT2D eigenvalue weighted by Gasteiger charge is -2.20. The zero-order valence-electron chi connectivity index (χ0n) is 10.7. The van der Waals surface area contributed by atoms with Crippen molar-refractivity contribution in [2.24, 2.45) is 0 Å². The molecule has 1 aliphatic rings. The third kappa shape index (κ3) is 5.04. The van der Waals surface area contributed by atoms with Crippen molar-refractivity contribution >= 4 is 15.7 Å². The Morgan fingerprint density at radius 2 is 2.00 bits per heavy atom. The van der Waals surface area contributed by atoms with Crippen LogP contribution >= 0.6 is 0 Å². The molecule has 17 heavy (non-hydrogen) atoms. The molecule has 0 aromatic rings. The van der Waals surface area contributed by atoms with Crippen LogP contribution in [0.25, 0.3) is 0 Å². The highest BCUT2D eigenvalue weighted by atomic mass is 32.2. The van der Waals surface area contributed by atoms with Gasteiger partial charge in [-0.05, 0) is 33.6 Å². The van der Waals surface area contributed by atoms with Gasteiger partial charge >= 0.3 is 0 Å². The smallest absolute Gasteiger partial charge is 0.234 e. The third-order valence-electron chi connectivity index (χ3n) is 2.63. The summed E-state index contributed by atoms with van der Waals surface area (Å²) in [7, 11) is -2.91. The summed E-state index contributed by atoms with van der Waals surface area (Å²) in [5.41, 5.74) is -0.252. The maximum atomic E-state index is 11.5. The Morgan fingerprint density at radius 3 is 2.47 bits per heavy atom. The summed E-state index contributed by atoms with van der Waals surface area (Å²) in [6.07, 6.45) is 1.44. The van der Waals surface area contributed by atoms with E-state index in [4.69, 9.17) is 0 Å². The third-order valence-corrected chi connectivity index (χ3v) is 4.91. The van der Waals surface area contributed by atoms with E-state index in [0.717, 1.165) is 6.42 Å². The minimum absolute atomic E-state index is 0.104. The summed E-state index contributed by atoms with van der Waals surface area (Å²) in [5, 5.41) is 5.41. The van der Waals surface area contributed by atoms with Gasteiger partial charge in [0.2, 0.25) is 5.91 Å². The lowest BCUT2D eigenvalue weighted by molar-refractivity contribution is -0.121. The standard InChI is InChI=1S/C11H22N2O3S/c1-11(2,3)13-10(14)8-12-7-9-5-4-6-17(9,15)16/h9,12H,4-8H2,1-3H3,(H,13,14). The monoisotopic (exact) mass is 262 g/mol. The van der Waals surface area contributed by atoms with Gasteiger partial charge in [-0.3, -0.25) is 4.79 Å². The molecule has 0 saturated carbocycles. The predicted octanol–water partition coefficient (Wildman–Crippen LogP) is 0.0679. The predicted molar refractivity (Wildman–Crippen MR) is 67.6 cm³/mol. The van der Waals surface area contributed by atoms with Crippen molar-refractivity contribution in [2.75, 3.05) is 18.8 Å². The minimum atomic E-state index is -2.91. The fourth-order valence-electron chi connectivity index (χ4n) is 1.90. The summed E-state index contributed by atoms with van der Waals surface area (Å²) in [6, 6.07) is 0. The molecule has 5 nitrogen and oxygen atoms in total. The zero-order chi connectivity index (χ0) is 13.1. The van der Waals surface area contributed by atoms with Crippen LogP contribution < -0.4 is 10.6 Å². The molecule has 1 aliphatic heterocycles. The number of hydrogen-bond donors (Lipinski definition) is 2. The molecule has 1 heterocycles. The van der Waals surface area contributed by atoms with Crippen molar-refractivity contribution in [3.63, 3.8) is 0 Å². The second-order valence-corrected chi connectivity index (χ2v) is 7.96. The molecule has 1 rings (SSSR count). The SMILES string of the molecule is CC(C)(C)NC(=O)CNCC1CCCS1(=O)=O. The van der Waals surface area contributed by atoms with Crippen molar-refractivity contribution in [3.05, 3.63) is 0 Å². The highest BCUT2D eigenvalue weighted by molar-refractivity contribution is 7.92. The zero-order valence-corrected chi connectivity index (χ0v) is 11.6. The first kappa shape index (κ1) is 14.4. The normalized spacial score (nSPS) is 23.6. The molecule has 1 saturated heterocycles. The van der Waals surface area contributed by atoms with E-state index in [1.54, 1.807) is 0 Å². The van der Waals surface area contributed by atoms with Gasteiger partial charge in [-0.15, -0.1) is 0 Å². The van der Waals surface area contributed by atoms with Gasteiger partial charge in [0, 0.05) is 12.1 Å². The molecule has 0 aliphatic carbocycles. The first-order valence-corrected chi connectivity index (χ1v) is 7.65. The van der Waals surface area contributed by atoms with E-state index < -0.39 is 9.84 Å². The lowest BCUT2D eigenvalue weighted by atomic mass is 10.1. The van der Waals surface area contributed by atoms with Gasteiger partial charge in [0.1, 0.15) is 0 Å². The van der Waals surface area contributed by atoms with Crippen molar-refractivity contribution in [2.45, 2.75) is 44.4 Å². The van der Waals surface area contributed by atoms with Crippen LogP contribution in [0.1, 0.15) is 33.6 Å². The Morgan fingerprint density at radius 1 is 1.35 bits per heavy atom. The van der Waals surface area contributed by atoms with Gasteiger partial charge in [-0.2, -0.15) is 0 Å². The van der Waals surface area contributed by atoms with Crippen molar-refractivity contribution < 1.29 is 13.2 Å². The van der Waals surface area contributed by atoms with Crippen LogP contribution in [0.2, 0.25) is 0 Å². The molecule has 1 unspecified atom stereocenters. The minimum Gasteiger partial charge on any atom is -0.350 e. The summed E-state index contributed by atoms with van der Waals surface area (Å²) in [5.74, 6) is 0.181. The Labute approximate surface area is 103 Å². The molecular formula is C11H22N2O3S. The van der Waals surface area contributed by atoms with Gasteiger partial charge in [-0.1, -0.05) is 0 Å². The number of carbonyl (C=O) groups is 1. The van der Waals surface area contributed by atoms with E-state index in [9.17, 15) is 13.2 Å². The van der Waals surface area contributed by atoms with Crippen molar-refractivity contribution in [3.8, 4) is 0 Å². The number of carbonyl (C=O) groups excluding carboxylic acids is 1. The molecule has 6 heteroatoms. The molecule has 0 aromatic carbocycles. The lowest BCUT2D eigenvalue weighted by Crippen LogP contribution is -2.46. The Hall–Kier alpha value is -0.620. The molecule has 0 radical (unpaired) electrons. The first-order valence-electron chi connectivity index (χ1n) is 5.94. The molecule has 2 N–H and O–H groups in total. The summed E-state index contributed by atoms with van der Waals surface area (Å²) in [4.78, 5) is 11.5. The van der Waals surface area contributed by atoms with Gasteiger partial charge in [0.25, 0.3) is 0 Å². The van der Waals surface area contributed by atoms with Crippen molar-refractivity contribution in [1.29, 1.82) is 0 Å². The van der Waals surface area contributed by atoms with E-state index in [1.807, 2.05) is 20.8 Å². The fourth-order valence-corrected chi connectivity index (χ4v) is 3.70. The van der Waals surface area contributed by atoms with Gasteiger partial charge in [-0.25, -0.2) is 8.42 Å². The van der Waals surface area contributed by atoms with E-state index in [2.05, 4.69) is 10.6 Å². The topological polar surface area (TPSA) is 75.3 Å². The maximum absolute atomic E-state index is 11.5. The van der Waals surface area contributed by atoms with Gasteiger partial charge in [0.05, 0.1) is 17.5 Å². The van der Waals surface area contributed by atoms with Crippen LogP contribution in [-0.2, 0) is 14.6 Å². The van der Waals surface area contributed by atoms with E-state index in [-0.39, 0.29) is 29.0 Å². The highest BCUT2D eigenvalue weighted by Gasteiger charge is 2.30. The van der Waals surface area contributed by atoms with Gasteiger partial charge < -0.3 is 10.6 Å². The molecular weight excluding hydrogens is 240 g/mol. The van der Waals surface area contributed by atoms with E-state index >= 15 is 0 Å². The van der Waals surface area contributed by atoms with Crippen molar-refractivity contribution in [1.82, 2.24) is 10.6 Å². The largest absolute Gasteiger partial charge is 0.350 e.